The van der Waals surface area contributed by atoms with Gasteiger partial charge in [-0.2, -0.15) is 4.98 Å². The first-order chi connectivity index (χ1) is 19.0. The molecule has 6 rings (SSSR count). The van der Waals surface area contributed by atoms with E-state index in [2.05, 4.69) is 15.2 Å². The highest BCUT2D eigenvalue weighted by atomic mass is 19.3. The van der Waals surface area contributed by atoms with Crippen LogP contribution in [0.4, 0.5) is 26.2 Å². The van der Waals surface area contributed by atoms with E-state index in [1.54, 1.807) is 7.11 Å². The van der Waals surface area contributed by atoms with Crippen LogP contribution in [0.3, 0.4) is 0 Å². The fourth-order valence-corrected chi connectivity index (χ4v) is 5.45. The van der Waals surface area contributed by atoms with Crippen molar-refractivity contribution in [2.75, 3.05) is 56.7 Å². The Morgan fingerprint density at radius 3 is 2.59 bits per heavy atom. The molecule has 0 unspecified atom stereocenters. The molecule has 0 aliphatic carbocycles. The summed E-state index contributed by atoms with van der Waals surface area (Å²) in [4.78, 5) is 17.2. The topological polar surface area (TPSA) is 78.5 Å². The van der Waals surface area contributed by atoms with Gasteiger partial charge in [0, 0.05) is 61.0 Å². The van der Waals surface area contributed by atoms with Crippen LogP contribution in [-0.2, 0) is 0 Å². The summed E-state index contributed by atoms with van der Waals surface area (Å²) < 4.78 is 39.6. The molecule has 2 fully saturated rings. The summed E-state index contributed by atoms with van der Waals surface area (Å²) in [5.74, 6) is -0.442. The smallest absolute Gasteiger partial charge is 0.251 e. The summed E-state index contributed by atoms with van der Waals surface area (Å²) in [6.45, 7) is 4.29. The number of aromatic amines is 1. The average Bonchev–Trinajstić information content (AvgIpc) is 3.61. The third-order valence-corrected chi connectivity index (χ3v) is 7.66. The Morgan fingerprint density at radius 2 is 1.79 bits per heavy atom. The van der Waals surface area contributed by atoms with E-state index in [0.29, 0.717) is 35.4 Å². The van der Waals surface area contributed by atoms with E-state index in [4.69, 9.17) is 19.4 Å². The summed E-state index contributed by atoms with van der Waals surface area (Å²) in [6, 6.07) is 11.7. The van der Waals surface area contributed by atoms with Crippen LogP contribution in [0, 0.1) is 0 Å². The maximum absolute atomic E-state index is 13.9. The largest absolute Gasteiger partial charge is 0.493 e. The zero-order valence-electron chi connectivity index (χ0n) is 22.2. The van der Waals surface area contributed by atoms with Crippen molar-refractivity contribution >= 4 is 39.3 Å². The number of nitrogens with one attached hydrogen (secondary N) is 2. The molecular weight excluding hydrogens is 502 g/mol. The van der Waals surface area contributed by atoms with E-state index in [-0.39, 0.29) is 25.9 Å². The normalized spacial score (nSPS) is 17.7. The number of methoxy groups -OCH3 is 1. The predicted molar refractivity (Wildman–Crippen MR) is 150 cm³/mol. The molecule has 2 N–H and O–H groups in total. The summed E-state index contributed by atoms with van der Waals surface area (Å²) in [5.41, 5.74) is 2.52. The average molecular weight is 537 g/mol. The van der Waals surface area contributed by atoms with Gasteiger partial charge >= 0.3 is 0 Å². The molecule has 0 atom stereocenters. The van der Waals surface area contributed by atoms with Gasteiger partial charge < -0.3 is 29.6 Å². The van der Waals surface area contributed by atoms with Crippen molar-refractivity contribution in [2.24, 2.45) is 0 Å². The Labute approximate surface area is 226 Å². The number of hydrogen-bond donors (Lipinski definition) is 2. The first-order valence-corrected chi connectivity index (χ1v) is 13.7. The van der Waals surface area contributed by atoms with Crippen LogP contribution >= 0.6 is 0 Å². The summed E-state index contributed by atoms with van der Waals surface area (Å²) >= 11 is 0. The first kappa shape index (κ1) is 25.6. The maximum atomic E-state index is 13.9. The van der Waals surface area contributed by atoms with Gasteiger partial charge in [-0.1, -0.05) is 18.2 Å². The fourth-order valence-electron chi connectivity index (χ4n) is 5.45. The number of anilines is 3. The number of H-pyrrole nitrogens is 1. The molecule has 0 radical (unpaired) electrons. The van der Waals surface area contributed by atoms with Gasteiger partial charge in [0.2, 0.25) is 5.95 Å². The second-order valence-electron chi connectivity index (χ2n) is 10.4. The number of hydrogen-bond acceptors (Lipinski definition) is 7. The van der Waals surface area contributed by atoms with Crippen LogP contribution < -0.4 is 19.7 Å². The maximum Gasteiger partial charge on any atom is 0.251 e. The molecule has 2 aromatic heterocycles. The van der Waals surface area contributed by atoms with Crippen molar-refractivity contribution in [3.05, 3.63) is 42.6 Å². The summed E-state index contributed by atoms with van der Waals surface area (Å²) in [6.07, 6.45) is 4.93. The van der Waals surface area contributed by atoms with E-state index in [0.717, 1.165) is 48.0 Å². The zero-order valence-corrected chi connectivity index (χ0v) is 22.2. The van der Waals surface area contributed by atoms with E-state index in [1.807, 2.05) is 47.5 Å². The molecule has 4 aromatic rings. The molecular formula is C29H34F2N6O2. The van der Waals surface area contributed by atoms with Gasteiger partial charge in [0.1, 0.15) is 5.82 Å². The fraction of sp³-hybridized carbons (Fsp3) is 0.448. The number of aromatic nitrogens is 3. The molecule has 0 bridgehead atoms. The van der Waals surface area contributed by atoms with Crippen molar-refractivity contribution in [1.82, 2.24) is 19.9 Å². The molecule has 0 saturated carbocycles. The van der Waals surface area contributed by atoms with Crippen molar-refractivity contribution in [3.63, 3.8) is 0 Å². The van der Waals surface area contributed by atoms with Crippen molar-refractivity contribution in [1.29, 1.82) is 0 Å². The van der Waals surface area contributed by atoms with E-state index in [1.165, 1.54) is 12.8 Å². The van der Waals surface area contributed by atoms with Gasteiger partial charge in [0.25, 0.3) is 5.92 Å². The molecule has 2 aromatic carbocycles. The molecule has 8 nitrogen and oxygen atoms in total. The Kier molecular flexibility index (Phi) is 7.12. The molecule has 0 amide bonds. The highest BCUT2D eigenvalue weighted by Crippen LogP contribution is 2.38. The number of rotatable bonds is 9. The SMILES string of the molecule is COc1cc2c(Nc3c[nH]c4ccccc34)nc(N3CCC(F)(F)CC3)nc2cc1OCCCN1CCCC1. The number of para-hydroxylation sites is 1. The molecule has 2 saturated heterocycles. The highest BCUT2D eigenvalue weighted by molar-refractivity contribution is 5.99. The molecule has 10 heteroatoms. The van der Waals surface area contributed by atoms with Gasteiger partial charge in [-0.3, -0.25) is 0 Å². The Bertz CT molecular complexity index is 1440. The van der Waals surface area contributed by atoms with Crippen LogP contribution in [-0.4, -0.2) is 72.2 Å². The number of halogens is 2. The van der Waals surface area contributed by atoms with E-state index in [9.17, 15) is 8.78 Å². The molecule has 4 heterocycles. The Morgan fingerprint density at radius 1 is 1.00 bits per heavy atom. The Hall–Kier alpha value is -3.66. The van der Waals surface area contributed by atoms with Crippen molar-refractivity contribution < 1.29 is 18.3 Å². The lowest BCUT2D eigenvalue weighted by Gasteiger charge is -2.32. The van der Waals surface area contributed by atoms with Crippen LogP contribution in [0.2, 0.25) is 0 Å². The minimum atomic E-state index is -2.65. The van der Waals surface area contributed by atoms with Crippen LogP contribution in [0.5, 0.6) is 11.5 Å². The number of benzene rings is 2. The lowest BCUT2D eigenvalue weighted by Crippen LogP contribution is -2.40. The van der Waals surface area contributed by atoms with Gasteiger partial charge in [-0.15, -0.1) is 0 Å². The highest BCUT2D eigenvalue weighted by Gasteiger charge is 2.35. The van der Waals surface area contributed by atoms with Gasteiger partial charge in [-0.25, -0.2) is 13.8 Å². The lowest BCUT2D eigenvalue weighted by molar-refractivity contribution is -0.0222. The van der Waals surface area contributed by atoms with Gasteiger partial charge in [-0.05, 0) is 44.5 Å². The monoisotopic (exact) mass is 536 g/mol. The quantitative estimate of drug-likeness (QED) is 0.256. The summed E-state index contributed by atoms with van der Waals surface area (Å²) in [7, 11) is 1.62. The third kappa shape index (κ3) is 5.56. The second kappa shape index (κ2) is 10.8. The summed E-state index contributed by atoms with van der Waals surface area (Å²) in [5, 5.41) is 5.24. The number of nitrogens with zero attached hydrogens (tertiary/aromatic N) is 4. The number of ether oxygens (including phenoxy) is 2. The van der Waals surface area contributed by atoms with Gasteiger partial charge in [0.05, 0.1) is 24.9 Å². The minimum Gasteiger partial charge on any atom is -0.493 e. The molecule has 39 heavy (non-hydrogen) atoms. The zero-order chi connectivity index (χ0) is 26.8. The minimum absolute atomic E-state index is 0.195. The lowest BCUT2D eigenvalue weighted by atomic mass is 10.1. The van der Waals surface area contributed by atoms with Crippen molar-refractivity contribution in [2.45, 2.75) is 38.0 Å². The third-order valence-electron chi connectivity index (χ3n) is 7.66. The van der Waals surface area contributed by atoms with Crippen LogP contribution in [0.25, 0.3) is 21.8 Å². The van der Waals surface area contributed by atoms with Gasteiger partial charge in [0.15, 0.2) is 11.5 Å². The molecule has 0 spiro atoms. The number of likely N-dealkylation sites (tertiary alicyclic amines) is 1. The standard InChI is InChI=1S/C29H34F2N6O2/c1-38-25-17-21-23(18-26(25)39-16-6-13-36-11-4-5-12-36)34-28(37-14-9-29(30,31)10-15-37)35-27(21)33-24-19-32-22-8-3-2-7-20(22)24/h2-3,7-8,17-19,32H,4-6,9-16H2,1H3,(H,33,34,35). The predicted octanol–water partition coefficient (Wildman–Crippen LogP) is 5.96. The second-order valence-corrected chi connectivity index (χ2v) is 10.4. The van der Waals surface area contributed by atoms with Crippen molar-refractivity contribution in [3.8, 4) is 11.5 Å². The number of piperidine rings is 1. The molecule has 2 aliphatic rings. The first-order valence-electron chi connectivity index (χ1n) is 13.7. The Balaban J connectivity index is 1.33. The van der Waals surface area contributed by atoms with E-state index < -0.39 is 5.92 Å². The number of alkyl halides is 2. The van der Waals surface area contributed by atoms with Crippen LogP contribution in [0.1, 0.15) is 32.1 Å². The number of fused-ring (bicyclic) bond motifs is 2. The van der Waals surface area contributed by atoms with Crippen LogP contribution in [0.15, 0.2) is 42.6 Å². The van der Waals surface area contributed by atoms with E-state index >= 15 is 0 Å². The molecule has 2 aliphatic heterocycles. The molecule has 206 valence electrons.